The van der Waals surface area contributed by atoms with Gasteiger partial charge in [-0.2, -0.15) is 11.8 Å². The first-order valence-electron chi connectivity index (χ1n) is 7.86. The summed E-state index contributed by atoms with van der Waals surface area (Å²) < 4.78 is 0. The SMILES string of the molecule is CSC(CO)C(C)NC(=O)c1cc2ccccc2c2cccnc12. The zero-order chi connectivity index (χ0) is 17.1. The lowest BCUT2D eigenvalue weighted by Crippen LogP contribution is -2.41. The Morgan fingerprint density at radius 2 is 2.00 bits per heavy atom. The number of aliphatic hydroxyl groups is 1. The van der Waals surface area contributed by atoms with Crippen LogP contribution in [-0.2, 0) is 0 Å². The number of fused-ring (bicyclic) bond motifs is 3. The van der Waals surface area contributed by atoms with Crippen LogP contribution in [0.25, 0.3) is 21.7 Å². The molecular formula is C19H20N2O2S. The Labute approximate surface area is 145 Å². The van der Waals surface area contributed by atoms with Crippen molar-refractivity contribution in [3.05, 3.63) is 54.2 Å². The number of amides is 1. The van der Waals surface area contributed by atoms with Crippen LogP contribution in [-0.4, -0.2) is 40.2 Å². The minimum absolute atomic E-state index is 0.0271. The summed E-state index contributed by atoms with van der Waals surface area (Å²) in [5.74, 6) is -0.163. The van der Waals surface area contributed by atoms with Gasteiger partial charge in [-0.25, -0.2) is 0 Å². The standard InChI is InChI=1S/C19H20N2O2S/c1-12(17(11-22)24-2)21-19(23)16-10-13-6-3-4-7-14(13)15-8-5-9-20-18(15)16/h3-10,12,17,22H,11H2,1-2H3,(H,21,23). The number of carbonyl (C=O) groups excluding carboxylic acids is 1. The number of rotatable bonds is 5. The molecule has 0 fully saturated rings. The molecule has 3 rings (SSSR count). The number of nitrogens with zero attached hydrogens (tertiary/aromatic N) is 1. The number of thioether (sulfide) groups is 1. The van der Waals surface area contributed by atoms with Crippen molar-refractivity contribution < 1.29 is 9.90 Å². The second-order valence-corrected chi connectivity index (χ2v) is 6.84. The number of benzene rings is 2. The van der Waals surface area contributed by atoms with Crippen molar-refractivity contribution in [2.75, 3.05) is 12.9 Å². The highest BCUT2D eigenvalue weighted by Gasteiger charge is 2.20. The highest BCUT2D eigenvalue weighted by molar-refractivity contribution is 7.99. The molecule has 0 radical (unpaired) electrons. The number of pyridine rings is 1. The van der Waals surface area contributed by atoms with Crippen LogP contribution in [0.1, 0.15) is 17.3 Å². The first-order valence-corrected chi connectivity index (χ1v) is 9.15. The lowest BCUT2D eigenvalue weighted by atomic mass is 10.00. The molecule has 3 aromatic rings. The topological polar surface area (TPSA) is 62.2 Å². The normalized spacial score (nSPS) is 13.8. The fraction of sp³-hybridized carbons (Fsp3) is 0.263. The molecule has 0 aliphatic heterocycles. The van der Waals surface area contributed by atoms with Gasteiger partial charge in [0.25, 0.3) is 5.91 Å². The minimum Gasteiger partial charge on any atom is -0.395 e. The van der Waals surface area contributed by atoms with Gasteiger partial charge in [-0.1, -0.05) is 30.3 Å². The number of hydrogen-bond donors (Lipinski definition) is 2. The van der Waals surface area contributed by atoms with E-state index in [1.54, 1.807) is 18.0 Å². The van der Waals surface area contributed by atoms with Crippen molar-refractivity contribution in [3.63, 3.8) is 0 Å². The molecule has 1 aromatic heterocycles. The van der Waals surface area contributed by atoms with Crippen LogP contribution in [0.15, 0.2) is 48.7 Å². The Kier molecular flexibility index (Phi) is 5.02. The summed E-state index contributed by atoms with van der Waals surface area (Å²) in [5, 5.41) is 15.4. The Bertz CT molecular complexity index is 878. The van der Waals surface area contributed by atoms with E-state index in [4.69, 9.17) is 0 Å². The van der Waals surface area contributed by atoms with Crippen LogP contribution in [0.3, 0.4) is 0 Å². The summed E-state index contributed by atoms with van der Waals surface area (Å²) in [4.78, 5) is 17.2. The van der Waals surface area contributed by atoms with E-state index >= 15 is 0 Å². The summed E-state index contributed by atoms with van der Waals surface area (Å²) in [6.45, 7) is 1.94. The fourth-order valence-electron chi connectivity index (χ4n) is 2.92. The molecule has 4 nitrogen and oxygen atoms in total. The van der Waals surface area contributed by atoms with E-state index in [-0.39, 0.29) is 23.8 Å². The highest BCUT2D eigenvalue weighted by atomic mass is 32.2. The monoisotopic (exact) mass is 340 g/mol. The van der Waals surface area contributed by atoms with Gasteiger partial charge in [0.1, 0.15) is 0 Å². The molecule has 1 amide bonds. The smallest absolute Gasteiger partial charge is 0.253 e. The largest absolute Gasteiger partial charge is 0.395 e. The van der Waals surface area contributed by atoms with Gasteiger partial charge in [-0.05, 0) is 36.1 Å². The molecule has 0 saturated carbocycles. The van der Waals surface area contributed by atoms with E-state index in [1.807, 2.05) is 55.6 Å². The van der Waals surface area contributed by atoms with Crippen LogP contribution in [0.5, 0.6) is 0 Å². The summed E-state index contributed by atoms with van der Waals surface area (Å²) in [6, 6.07) is 13.6. The van der Waals surface area contributed by atoms with Gasteiger partial charge in [0, 0.05) is 22.9 Å². The predicted octanol–water partition coefficient (Wildman–Crippen LogP) is 3.23. The van der Waals surface area contributed by atoms with Crippen molar-refractivity contribution >= 4 is 39.3 Å². The van der Waals surface area contributed by atoms with Gasteiger partial charge < -0.3 is 10.4 Å². The number of hydrogen-bond acceptors (Lipinski definition) is 4. The lowest BCUT2D eigenvalue weighted by molar-refractivity contribution is 0.0937. The van der Waals surface area contributed by atoms with Crippen molar-refractivity contribution in [2.24, 2.45) is 0 Å². The molecule has 2 N–H and O–H groups in total. The van der Waals surface area contributed by atoms with Crippen LogP contribution in [0, 0.1) is 0 Å². The first kappa shape index (κ1) is 16.7. The third-order valence-electron chi connectivity index (χ3n) is 4.26. The Morgan fingerprint density at radius 3 is 2.75 bits per heavy atom. The minimum atomic E-state index is -0.163. The maximum atomic E-state index is 12.8. The van der Waals surface area contributed by atoms with Crippen molar-refractivity contribution in [3.8, 4) is 0 Å². The number of carbonyl (C=O) groups is 1. The van der Waals surface area contributed by atoms with Gasteiger partial charge in [0.2, 0.25) is 0 Å². The average Bonchev–Trinajstić information content (AvgIpc) is 2.62. The quantitative estimate of drug-likeness (QED) is 0.700. The lowest BCUT2D eigenvalue weighted by Gasteiger charge is -2.21. The molecule has 2 atom stereocenters. The Balaban J connectivity index is 2.06. The predicted molar refractivity (Wildman–Crippen MR) is 101 cm³/mol. The molecule has 5 heteroatoms. The van der Waals surface area contributed by atoms with E-state index in [0.29, 0.717) is 11.1 Å². The third-order valence-corrected chi connectivity index (χ3v) is 5.42. The summed E-state index contributed by atoms with van der Waals surface area (Å²) >= 11 is 1.54. The second kappa shape index (κ2) is 7.20. The van der Waals surface area contributed by atoms with Gasteiger partial charge >= 0.3 is 0 Å². The van der Waals surface area contributed by atoms with Crippen molar-refractivity contribution in [2.45, 2.75) is 18.2 Å². The molecule has 0 saturated heterocycles. The summed E-state index contributed by atoms with van der Waals surface area (Å²) in [6.07, 6.45) is 3.63. The molecule has 0 bridgehead atoms. The van der Waals surface area contributed by atoms with Gasteiger partial charge in [0.15, 0.2) is 0 Å². The van der Waals surface area contributed by atoms with E-state index in [2.05, 4.69) is 10.3 Å². The maximum absolute atomic E-state index is 12.8. The average molecular weight is 340 g/mol. The number of aromatic nitrogens is 1. The van der Waals surface area contributed by atoms with E-state index in [1.165, 1.54) is 0 Å². The summed E-state index contributed by atoms with van der Waals surface area (Å²) in [5.41, 5.74) is 1.26. The molecule has 2 aromatic carbocycles. The molecule has 124 valence electrons. The first-order chi connectivity index (χ1) is 11.7. The van der Waals surface area contributed by atoms with Crippen molar-refractivity contribution in [1.82, 2.24) is 10.3 Å². The molecule has 1 heterocycles. The Morgan fingerprint density at radius 1 is 1.25 bits per heavy atom. The molecular weight excluding hydrogens is 320 g/mol. The zero-order valence-electron chi connectivity index (χ0n) is 13.7. The number of aliphatic hydroxyl groups excluding tert-OH is 1. The van der Waals surface area contributed by atoms with Crippen LogP contribution < -0.4 is 5.32 Å². The van der Waals surface area contributed by atoms with Crippen LogP contribution >= 0.6 is 11.8 Å². The van der Waals surface area contributed by atoms with Crippen LogP contribution in [0.2, 0.25) is 0 Å². The van der Waals surface area contributed by atoms with Crippen molar-refractivity contribution in [1.29, 1.82) is 0 Å². The molecule has 0 aliphatic carbocycles. The molecule has 0 spiro atoms. The Hall–Kier alpha value is -2.11. The molecule has 24 heavy (non-hydrogen) atoms. The molecule has 2 unspecified atom stereocenters. The van der Waals surface area contributed by atoms with Crippen LogP contribution in [0.4, 0.5) is 0 Å². The maximum Gasteiger partial charge on any atom is 0.253 e. The van der Waals surface area contributed by atoms with Gasteiger partial charge in [0.05, 0.1) is 17.7 Å². The van der Waals surface area contributed by atoms with E-state index in [0.717, 1.165) is 16.2 Å². The van der Waals surface area contributed by atoms with Gasteiger partial charge in [-0.15, -0.1) is 0 Å². The fourth-order valence-corrected chi connectivity index (χ4v) is 3.54. The number of nitrogens with one attached hydrogen (secondary N) is 1. The van der Waals surface area contributed by atoms with E-state index in [9.17, 15) is 9.90 Å². The zero-order valence-corrected chi connectivity index (χ0v) is 14.5. The summed E-state index contributed by atoms with van der Waals surface area (Å²) in [7, 11) is 0. The third kappa shape index (κ3) is 3.09. The van der Waals surface area contributed by atoms with Gasteiger partial charge in [-0.3, -0.25) is 9.78 Å². The molecule has 0 aliphatic rings. The second-order valence-electron chi connectivity index (χ2n) is 5.76. The van der Waals surface area contributed by atoms with E-state index < -0.39 is 0 Å². The highest BCUT2D eigenvalue weighted by Crippen LogP contribution is 2.27.